The molecule has 0 amide bonds. The first-order chi connectivity index (χ1) is 11.7. The minimum Gasteiger partial charge on any atom is -0.490 e. The number of nitrogen functional groups attached to an aromatic ring is 1. The Morgan fingerprint density at radius 2 is 1.75 bits per heavy atom. The maximum absolute atomic E-state index is 5.95. The predicted octanol–water partition coefficient (Wildman–Crippen LogP) is 4.26. The van der Waals surface area contributed by atoms with Gasteiger partial charge in [0.1, 0.15) is 12.4 Å². The third-order valence-electron chi connectivity index (χ3n) is 4.73. The molecule has 2 N–H and O–H groups in total. The van der Waals surface area contributed by atoms with Crippen LogP contribution in [0, 0.1) is 5.92 Å². The summed E-state index contributed by atoms with van der Waals surface area (Å²) in [5.41, 5.74) is 7.99. The Balaban J connectivity index is 1.37. The second kappa shape index (κ2) is 8.41. The standard InChI is InChI=1S/C20H25ClN2O/c21-18-7-5-16(6-8-18)15-17-9-11-23(12-10-17)13-14-24-20-4-2-1-3-19(20)22/h1-8,17H,9-15,22H2. The van der Waals surface area contributed by atoms with Gasteiger partial charge in [0, 0.05) is 11.6 Å². The van der Waals surface area contributed by atoms with Crippen molar-refractivity contribution in [1.29, 1.82) is 0 Å². The van der Waals surface area contributed by atoms with Gasteiger partial charge < -0.3 is 10.5 Å². The summed E-state index contributed by atoms with van der Waals surface area (Å²) in [7, 11) is 0. The van der Waals surface area contributed by atoms with E-state index < -0.39 is 0 Å². The molecule has 0 saturated carbocycles. The van der Waals surface area contributed by atoms with E-state index >= 15 is 0 Å². The summed E-state index contributed by atoms with van der Waals surface area (Å²) < 4.78 is 5.79. The largest absolute Gasteiger partial charge is 0.490 e. The van der Waals surface area contributed by atoms with Gasteiger partial charge in [-0.25, -0.2) is 0 Å². The highest BCUT2D eigenvalue weighted by Gasteiger charge is 2.19. The summed E-state index contributed by atoms with van der Waals surface area (Å²) in [6, 6.07) is 15.9. The lowest BCUT2D eigenvalue weighted by atomic mass is 9.90. The number of hydrogen-bond donors (Lipinski definition) is 1. The van der Waals surface area contributed by atoms with E-state index in [-0.39, 0.29) is 0 Å². The van der Waals surface area contributed by atoms with Gasteiger partial charge in [0.25, 0.3) is 0 Å². The monoisotopic (exact) mass is 344 g/mol. The van der Waals surface area contributed by atoms with Crippen LogP contribution in [0.4, 0.5) is 5.69 Å². The number of piperidine rings is 1. The summed E-state index contributed by atoms with van der Waals surface area (Å²) in [6.45, 7) is 3.94. The van der Waals surface area contributed by atoms with Crippen molar-refractivity contribution >= 4 is 17.3 Å². The maximum atomic E-state index is 5.95. The summed E-state index contributed by atoms with van der Waals surface area (Å²) in [5.74, 6) is 1.56. The molecule has 0 spiro atoms. The highest BCUT2D eigenvalue weighted by molar-refractivity contribution is 6.30. The van der Waals surface area contributed by atoms with Crippen molar-refractivity contribution in [3.05, 3.63) is 59.1 Å². The fraction of sp³-hybridized carbons (Fsp3) is 0.400. The summed E-state index contributed by atoms with van der Waals surface area (Å²) in [5, 5.41) is 0.813. The highest BCUT2D eigenvalue weighted by atomic mass is 35.5. The Morgan fingerprint density at radius 3 is 2.46 bits per heavy atom. The maximum Gasteiger partial charge on any atom is 0.142 e. The zero-order chi connectivity index (χ0) is 16.8. The van der Waals surface area contributed by atoms with Gasteiger partial charge in [0.2, 0.25) is 0 Å². The number of likely N-dealkylation sites (tertiary alicyclic amines) is 1. The molecule has 2 aromatic rings. The van der Waals surface area contributed by atoms with Crippen LogP contribution in [0.2, 0.25) is 5.02 Å². The molecular weight excluding hydrogens is 320 g/mol. The minimum absolute atomic E-state index is 0.691. The fourth-order valence-electron chi connectivity index (χ4n) is 3.26. The number of benzene rings is 2. The Kier molecular flexibility index (Phi) is 6.00. The van der Waals surface area contributed by atoms with Gasteiger partial charge in [-0.3, -0.25) is 4.90 Å². The van der Waals surface area contributed by atoms with Gasteiger partial charge in [-0.15, -0.1) is 0 Å². The molecule has 0 atom stereocenters. The van der Waals surface area contributed by atoms with E-state index in [0.29, 0.717) is 12.3 Å². The zero-order valence-corrected chi connectivity index (χ0v) is 14.7. The Labute approximate surface area is 149 Å². The summed E-state index contributed by atoms with van der Waals surface area (Å²) in [4.78, 5) is 2.48. The number of anilines is 1. The number of hydrogen-bond acceptors (Lipinski definition) is 3. The molecule has 0 radical (unpaired) electrons. The van der Waals surface area contributed by atoms with Gasteiger partial charge >= 0.3 is 0 Å². The topological polar surface area (TPSA) is 38.5 Å². The lowest BCUT2D eigenvalue weighted by molar-refractivity contribution is 0.155. The highest BCUT2D eigenvalue weighted by Crippen LogP contribution is 2.23. The number of nitrogens with zero attached hydrogens (tertiary/aromatic N) is 1. The van der Waals surface area contributed by atoms with Crippen LogP contribution in [0.25, 0.3) is 0 Å². The van der Waals surface area contributed by atoms with Crippen molar-refractivity contribution in [2.24, 2.45) is 5.92 Å². The first-order valence-corrected chi connectivity index (χ1v) is 9.02. The van der Waals surface area contributed by atoms with E-state index in [1.165, 1.54) is 18.4 Å². The van der Waals surface area contributed by atoms with Crippen molar-refractivity contribution in [3.8, 4) is 5.75 Å². The van der Waals surface area contributed by atoms with E-state index in [4.69, 9.17) is 22.1 Å². The number of ether oxygens (including phenoxy) is 1. The van der Waals surface area contributed by atoms with Gasteiger partial charge in [0.15, 0.2) is 0 Å². The summed E-state index contributed by atoms with van der Waals surface area (Å²) in [6.07, 6.45) is 3.65. The van der Waals surface area contributed by atoms with Crippen molar-refractivity contribution in [1.82, 2.24) is 4.90 Å². The lowest BCUT2D eigenvalue weighted by Crippen LogP contribution is -2.37. The molecule has 1 fully saturated rings. The van der Waals surface area contributed by atoms with Crippen LogP contribution in [0.15, 0.2) is 48.5 Å². The van der Waals surface area contributed by atoms with E-state index in [1.54, 1.807) is 0 Å². The first-order valence-electron chi connectivity index (χ1n) is 8.65. The molecule has 4 heteroatoms. The molecule has 128 valence electrons. The lowest BCUT2D eigenvalue weighted by Gasteiger charge is -2.32. The van der Waals surface area contributed by atoms with Crippen LogP contribution >= 0.6 is 11.6 Å². The first kappa shape index (κ1) is 17.1. The molecule has 1 aliphatic heterocycles. The zero-order valence-electron chi connectivity index (χ0n) is 14.0. The number of para-hydroxylation sites is 2. The van der Waals surface area contributed by atoms with E-state index in [9.17, 15) is 0 Å². The molecule has 0 unspecified atom stereocenters. The SMILES string of the molecule is Nc1ccccc1OCCN1CCC(Cc2ccc(Cl)cc2)CC1. The molecule has 1 saturated heterocycles. The van der Waals surface area contributed by atoms with Crippen LogP contribution in [0.5, 0.6) is 5.75 Å². The number of halogens is 1. The van der Waals surface area contributed by atoms with E-state index in [2.05, 4.69) is 17.0 Å². The van der Waals surface area contributed by atoms with Crippen LogP contribution < -0.4 is 10.5 Å². The molecule has 24 heavy (non-hydrogen) atoms. The molecule has 1 heterocycles. The van der Waals surface area contributed by atoms with Crippen molar-refractivity contribution < 1.29 is 4.74 Å². The van der Waals surface area contributed by atoms with Gasteiger partial charge in [-0.2, -0.15) is 0 Å². The Bertz CT molecular complexity index is 636. The molecule has 0 aliphatic carbocycles. The van der Waals surface area contributed by atoms with Crippen molar-refractivity contribution in [2.75, 3.05) is 32.0 Å². The molecule has 1 aliphatic rings. The van der Waals surface area contributed by atoms with Crippen molar-refractivity contribution in [3.63, 3.8) is 0 Å². The van der Waals surface area contributed by atoms with E-state index in [0.717, 1.165) is 42.7 Å². The molecular formula is C20H25ClN2O. The van der Waals surface area contributed by atoms with Gasteiger partial charge in [-0.05, 0) is 68.1 Å². The van der Waals surface area contributed by atoms with Crippen LogP contribution in [0.1, 0.15) is 18.4 Å². The van der Waals surface area contributed by atoms with Gasteiger partial charge in [-0.1, -0.05) is 35.9 Å². The molecule has 3 nitrogen and oxygen atoms in total. The van der Waals surface area contributed by atoms with E-state index in [1.807, 2.05) is 36.4 Å². The molecule has 2 aromatic carbocycles. The Hall–Kier alpha value is -1.71. The third-order valence-corrected chi connectivity index (χ3v) is 4.98. The van der Waals surface area contributed by atoms with Crippen LogP contribution in [-0.2, 0) is 6.42 Å². The van der Waals surface area contributed by atoms with Crippen LogP contribution in [0.3, 0.4) is 0 Å². The van der Waals surface area contributed by atoms with Crippen LogP contribution in [-0.4, -0.2) is 31.1 Å². The van der Waals surface area contributed by atoms with Gasteiger partial charge in [0.05, 0.1) is 5.69 Å². The average molecular weight is 345 g/mol. The Morgan fingerprint density at radius 1 is 1.04 bits per heavy atom. The minimum atomic E-state index is 0.691. The molecule has 0 bridgehead atoms. The second-order valence-electron chi connectivity index (χ2n) is 6.50. The third kappa shape index (κ3) is 4.89. The number of nitrogens with two attached hydrogens (primary N) is 1. The summed E-state index contributed by atoms with van der Waals surface area (Å²) >= 11 is 5.95. The second-order valence-corrected chi connectivity index (χ2v) is 6.94. The average Bonchev–Trinajstić information content (AvgIpc) is 2.60. The quantitative estimate of drug-likeness (QED) is 0.796. The van der Waals surface area contributed by atoms with Crippen molar-refractivity contribution in [2.45, 2.75) is 19.3 Å². The molecule has 0 aromatic heterocycles. The smallest absolute Gasteiger partial charge is 0.142 e. The predicted molar refractivity (Wildman–Crippen MR) is 101 cm³/mol. The number of rotatable bonds is 6. The molecule has 3 rings (SSSR count). The fourth-order valence-corrected chi connectivity index (χ4v) is 3.39. The normalized spacial score (nSPS) is 16.2.